The molecule has 2 unspecified atom stereocenters. The van der Waals surface area contributed by atoms with Gasteiger partial charge in [0.05, 0.1) is 10.8 Å². The number of alkyl halides is 3. The van der Waals surface area contributed by atoms with E-state index in [-0.39, 0.29) is 36.5 Å². The number of carbonyl (C=O) groups is 2. The zero-order chi connectivity index (χ0) is 20.9. The van der Waals surface area contributed by atoms with Crippen LogP contribution < -0.4 is 10.0 Å². The first kappa shape index (κ1) is 22.4. The molecule has 156 valence electrons. The summed E-state index contributed by atoms with van der Waals surface area (Å²) in [6.45, 7) is 1.18. The molecule has 1 saturated carbocycles. The minimum absolute atomic E-state index is 0.0433. The summed E-state index contributed by atoms with van der Waals surface area (Å²) in [6.07, 6.45) is -3.67. The van der Waals surface area contributed by atoms with Crippen molar-refractivity contribution < 1.29 is 31.2 Å². The number of carbonyl (C=O) groups excluding carboxylic acids is 2. The van der Waals surface area contributed by atoms with E-state index in [2.05, 4.69) is 10.0 Å². The third-order valence-electron chi connectivity index (χ3n) is 4.72. The normalized spacial score (nSPS) is 20.6. The van der Waals surface area contributed by atoms with E-state index in [0.717, 1.165) is 0 Å². The molecule has 0 saturated heterocycles. The lowest BCUT2D eigenvalue weighted by Crippen LogP contribution is -2.42. The largest absolute Gasteiger partial charge is 0.391 e. The summed E-state index contributed by atoms with van der Waals surface area (Å²) in [4.78, 5) is 23.1. The maximum absolute atomic E-state index is 12.8. The van der Waals surface area contributed by atoms with Crippen molar-refractivity contribution in [3.05, 3.63) is 29.8 Å². The molecule has 0 radical (unpaired) electrons. The maximum atomic E-state index is 12.8. The Bertz CT molecular complexity index is 807. The molecule has 10 heteroatoms. The fourth-order valence-corrected chi connectivity index (χ4v) is 4.20. The van der Waals surface area contributed by atoms with Crippen LogP contribution in [0.25, 0.3) is 0 Å². The summed E-state index contributed by atoms with van der Waals surface area (Å²) < 4.78 is 65.1. The van der Waals surface area contributed by atoms with Gasteiger partial charge in [0.15, 0.2) is 5.78 Å². The van der Waals surface area contributed by atoms with Crippen LogP contribution in [0.1, 0.15) is 49.4 Å². The Morgan fingerprint density at radius 2 is 1.79 bits per heavy atom. The van der Waals surface area contributed by atoms with E-state index in [1.165, 1.54) is 31.2 Å². The van der Waals surface area contributed by atoms with Gasteiger partial charge in [0.2, 0.25) is 15.9 Å². The van der Waals surface area contributed by atoms with Crippen LogP contribution in [-0.2, 0) is 14.8 Å². The third kappa shape index (κ3) is 6.30. The topological polar surface area (TPSA) is 92.3 Å². The Morgan fingerprint density at radius 1 is 1.14 bits per heavy atom. The van der Waals surface area contributed by atoms with Crippen molar-refractivity contribution in [2.24, 2.45) is 5.92 Å². The number of halogens is 3. The number of hydrogen-bond donors (Lipinski definition) is 2. The molecule has 1 aromatic carbocycles. The van der Waals surface area contributed by atoms with Gasteiger partial charge in [-0.15, -0.1) is 0 Å². The Labute approximate surface area is 161 Å². The van der Waals surface area contributed by atoms with E-state index in [1.807, 2.05) is 0 Å². The van der Waals surface area contributed by atoms with Gasteiger partial charge in [-0.25, -0.2) is 13.1 Å². The van der Waals surface area contributed by atoms with Gasteiger partial charge in [0.25, 0.3) is 0 Å². The van der Waals surface area contributed by atoms with E-state index in [4.69, 9.17) is 0 Å². The fourth-order valence-electron chi connectivity index (χ4n) is 3.17. The standard InChI is InChI=1S/C18H23F3N2O4S/c1-12(24)13-5-7-16(8-6-13)28(26,27)22-10-9-17(25)23-15-4-2-3-14(11-15)18(19,20)21/h5-8,14-15,22H,2-4,9-11H2,1H3,(H,23,25). The van der Waals surface area contributed by atoms with E-state index in [1.54, 1.807) is 0 Å². The quantitative estimate of drug-likeness (QED) is 0.664. The van der Waals surface area contributed by atoms with E-state index >= 15 is 0 Å². The average Bonchev–Trinajstić information content (AvgIpc) is 2.61. The molecule has 1 aromatic rings. The second kappa shape index (κ2) is 9.04. The first-order valence-corrected chi connectivity index (χ1v) is 10.4. The molecule has 0 spiro atoms. The molecule has 2 atom stereocenters. The van der Waals surface area contributed by atoms with Crippen molar-refractivity contribution in [3.8, 4) is 0 Å². The summed E-state index contributed by atoms with van der Waals surface area (Å²) in [6, 6.07) is 4.81. The molecular formula is C18H23F3N2O4S. The number of rotatable bonds is 7. The Kier molecular flexibility index (Phi) is 7.22. The van der Waals surface area contributed by atoms with Gasteiger partial charge in [-0.3, -0.25) is 9.59 Å². The molecule has 1 aliphatic carbocycles. The summed E-state index contributed by atoms with van der Waals surface area (Å²) in [5, 5.41) is 2.56. The minimum atomic E-state index is -4.27. The molecule has 1 fully saturated rings. The number of benzene rings is 1. The molecule has 1 amide bonds. The number of amides is 1. The molecule has 0 aromatic heterocycles. The van der Waals surface area contributed by atoms with Gasteiger partial charge in [-0.1, -0.05) is 18.6 Å². The summed E-state index contributed by atoms with van der Waals surface area (Å²) >= 11 is 0. The van der Waals surface area contributed by atoms with Crippen molar-refractivity contribution in [1.29, 1.82) is 0 Å². The van der Waals surface area contributed by atoms with E-state index < -0.39 is 34.1 Å². The van der Waals surface area contributed by atoms with Crippen molar-refractivity contribution in [2.45, 2.75) is 56.1 Å². The van der Waals surface area contributed by atoms with Gasteiger partial charge < -0.3 is 5.32 Å². The summed E-state index contributed by atoms with van der Waals surface area (Å²) in [7, 11) is -3.85. The van der Waals surface area contributed by atoms with Gasteiger partial charge >= 0.3 is 6.18 Å². The number of Topliss-reactive ketones (excluding diaryl/α,β-unsaturated/α-hetero) is 1. The van der Waals surface area contributed by atoms with Gasteiger partial charge in [0, 0.05) is 24.6 Å². The zero-order valence-electron chi connectivity index (χ0n) is 15.4. The molecule has 1 aliphatic rings. The highest BCUT2D eigenvalue weighted by atomic mass is 32.2. The lowest BCUT2D eigenvalue weighted by molar-refractivity contribution is -0.184. The van der Waals surface area contributed by atoms with Crippen LogP contribution in [0.15, 0.2) is 29.2 Å². The predicted octanol–water partition coefficient (Wildman–Crippen LogP) is 2.79. The molecule has 28 heavy (non-hydrogen) atoms. The third-order valence-corrected chi connectivity index (χ3v) is 6.19. The van der Waals surface area contributed by atoms with Crippen molar-refractivity contribution >= 4 is 21.7 Å². The highest BCUT2D eigenvalue weighted by Crippen LogP contribution is 2.37. The Morgan fingerprint density at radius 3 is 2.36 bits per heavy atom. The van der Waals surface area contributed by atoms with E-state index in [9.17, 15) is 31.2 Å². The molecule has 0 bridgehead atoms. The van der Waals surface area contributed by atoms with Gasteiger partial charge in [-0.05, 0) is 38.3 Å². The number of sulfonamides is 1. The van der Waals surface area contributed by atoms with E-state index in [0.29, 0.717) is 18.4 Å². The molecule has 0 aliphatic heterocycles. The maximum Gasteiger partial charge on any atom is 0.391 e. The Balaban J connectivity index is 1.82. The van der Waals surface area contributed by atoms with Crippen molar-refractivity contribution in [3.63, 3.8) is 0 Å². The second-order valence-electron chi connectivity index (χ2n) is 6.90. The molecular weight excluding hydrogens is 397 g/mol. The fraction of sp³-hybridized carbons (Fsp3) is 0.556. The molecule has 2 rings (SSSR count). The van der Waals surface area contributed by atoms with Gasteiger partial charge in [-0.2, -0.15) is 13.2 Å². The number of nitrogens with one attached hydrogen (secondary N) is 2. The van der Waals surface area contributed by atoms with Crippen LogP contribution in [0.3, 0.4) is 0 Å². The average molecular weight is 420 g/mol. The molecule has 2 N–H and O–H groups in total. The van der Waals surface area contributed by atoms with Crippen LogP contribution in [0.2, 0.25) is 0 Å². The summed E-state index contributed by atoms with van der Waals surface area (Å²) in [5.74, 6) is -2.10. The zero-order valence-corrected chi connectivity index (χ0v) is 16.2. The SMILES string of the molecule is CC(=O)c1ccc(S(=O)(=O)NCCC(=O)NC2CCCC(C(F)(F)F)C2)cc1. The Hall–Kier alpha value is -1.94. The number of hydrogen-bond acceptors (Lipinski definition) is 4. The van der Waals surface area contributed by atoms with Gasteiger partial charge in [0.1, 0.15) is 0 Å². The molecule has 0 heterocycles. The lowest BCUT2D eigenvalue weighted by atomic mass is 9.85. The van der Waals surface area contributed by atoms with Crippen LogP contribution in [0.5, 0.6) is 0 Å². The van der Waals surface area contributed by atoms with Crippen LogP contribution in [0.4, 0.5) is 13.2 Å². The number of ketones is 1. The first-order valence-electron chi connectivity index (χ1n) is 8.96. The van der Waals surface area contributed by atoms with Crippen molar-refractivity contribution in [1.82, 2.24) is 10.0 Å². The molecule has 6 nitrogen and oxygen atoms in total. The smallest absolute Gasteiger partial charge is 0.353 e. The van der Waals surface area contributed by atoms with Crippen LogP contribution in [-0.4, -0.2) is 38.9 Å². The van der Waals surface area contributed by atoms with Crippen LogP contribution >= 0.6 is 0 Å². The monoisotopic (exact) mass is 420 g/mol. The summed E-state index contributed by atoms with van der Waals surface area (Å²) in [5.41, 5.74) is 0.378. The lowest BCUT2D eigenvalue weighted by Gasteiger charge is -2.31. The first-order chi connectivity index (χ1) is 13.0. The minimum Gasteiger partial charge on any atom is -0.353 e. The second-order valence-corrected chi connectivity index (χ2v) is 8.66. The van der Waals surface area contributed by atoms with Crippen molar-refractivity contribution in [2.75, 3.05) is 6.54 Å². The highest BCUT2D eigenvalue weighted by molar-refractivity contribution is 7.89. The van der Waals surface area contributed by atoms with Crippen LogP contribution in [0, 0.1) is 5.92 Å². The highest BCUT2D eigenvalue weighted by Gasteiger charge is 2.42. The predicted molar refractivity (Wildman–Crippen MR) is 96.2 cm³/mol.